The normalized spacial score (nSPS) is 24.4. The minimum absolute atomic E-state index is 0.00783. The molecule has 0 aliphatic carbocycles. The number of H-pyrrole nitrogens is 1. The highest BCUT2D eigenvalue weighted by molar-refractivity contribution is 7.52. The van der Waals surface area contributed by atoms with Crippen LogP contribution >= 0.6 is 19.3 Å². The van der Waals surface area contributed by atoms with Crippen LogP contribution in [-0.2, 0) is 23.4 Å². The topological polar surface area (TPSA) is 219 Å². The number of carbonyl (C=O) groups excluding carboxylic acids is 1. The molecule has 17 heteroatoms. The summed E-state index contributed by atoms with van der Waals surface area (Å²) >= 11 is 5.67. The number of nitrogens with zero attached hydrogens (tertiary/aromatic N) is 3. The van der Waals surface area contributed by atoms with Gasteiger partial charge in [-0.05, 0) is 44.5 Å². The van der Waals surface area contributed by atoms with Gasteiger partial charge in [0.1, 0.15) is 24.0 Å². The lowest BCUT2D eigenvalue weighted by molar-refractivity contribution is -0.149. The first-order valence-corrected chi connectivity index (χ1v) is 14.2. The summed E-state index contributed by atoms with van der Waals surface area (Å²) in [4.78, 5) is 35.1. The van der Waals surface area contributed by atoms with E-state index in [1.807, 2.05) is 0 Å². The van der Waals surface area contributed by atoms with Gasteiger partial charge >= 0.3 is 13.7 Å². The summed E-state index contributed by atoms with van der Waals surface area (Å²) in [7, 11) is -4.30. The number of anilines is 1. The van der Waals surface area contributed by atoms with Crippen LogP contribution in [0, 0.1) is 11.3 Å². The monoisotopic (exact) mass is 609 g/mol. The number of imidazole rings is 1. The van der Waals surface area contributed by atoms with E-state index in [4.69, 9.17) is 41.6 Å². The van der Waals surface area contributed by atoms with Gasteiger partial charge < -0.3 is 30.6 Å². The average molecular weight is 610 g/mol. The number of para-hydroxylation sites is 1. The highest BCUT2D eigenvalue weighted by Crippen LogP contribution is 2.47. The fourth-order valence-electron chi connectivity index (χ4n) is 4.07. The SMILES string of the molecule is CC(C)OC(=O)[C@H](C)NP(=O)(OC[C@H]1O[C@@H](n2cnc3c(=O)[nH]c(N)nc32)C(N)(C#CCl)[C@H]1O)Oc1ccccc1. The maximum Gasteiger partial charge on any atom is 0.459 e. The number of benzene rings is 1. The lowest BCUT2D eigenvalue weighted by Gasteiger charge is -2.27. The summed E-state index contributed by atoms with van der Waals surface area (Å²) in [6, 6.07) is 7.01. The van der Waals surface area contributed by atoms with Crippen molar-refractivity contribution in [3.63, 3.8) is 0 Å². The Hall–Kier alpha value is -3.48. The van der Waals surface area contributed by atoms with Crippen LogP contribution in [0.1, 0.15) is 27.0 Å². The molecule has 6 atom stereocenters. The zero-order valence-corrected chi connectivity index (χ0v) is 23.8. The van der Waals surface area contributed by atoms with Crippen molar-refractivity contribution in [3.05, 3.63) is 47.0 Å². The number of nitrogen functional groups attached to an aromatic ring is 1. The van der Waals surface area contributed by atoms with Crippen molar-refractivity contribution < 1.29 is 33.0 Å². The van der Waals surface area contributed by atoms with E-state index >= 15 is 0 Å². The fourth-order valence-corrected chi connectivity index (χ4v) is 5.74. The number of aromatic nitrogens is 4. The second kappa shape index (κ2) is 12.2. The van der Waals surface area contributed by atoms with Crippen LogP contribution in [0.5, 0.6) is 5.75 Å². The van der Waals surface area contributed by atoms with Crippen LogP contribution in [0.4, 0.5) is 5.95 Å². The third kappa shape index (κ3) is 6.55. The molecule has 1 aromatic carbocycles. The molecular formula is C24H29ClN7O8P. The molecule has 1 aliphatic rings. The molecule has 220 valence electrons. The smallest absolute Gasteiger partial charge is 0.459 e. The second-order valence-corrected chi connectivity index (χ2v) is 11.3. The Kier molecular flexibility index (Phi) is 9.05. The molecule has 4 rings (SSSR count). The Morgan fingerprint density at radius 3 is 2.73 bits per heavy atom. The number of esters is 1. The van der Waals surface area contributed by atoms with Crippen LogP contribution in [0.15, 0.2) is 41.5 Å². The molecule has 3 heterocycles. The summed E-state index contributed by atoms with van der Waals surface area (Å²) in [5, 5.41) is 15.9. The Morgan fingerprint density at radius 2 is 2.07 bits per heavy atom. The first-order chi connectivity index (χ1) is 19.4. The van der Waals surface area contributed by atoms with Crippen LogP contribution in [0.25, 0.3) is 11.2 Å². The van der Waals surface area contributed by atoms with Gasteiger partial charge in [0.15, 0.2) is 22.9 Å². The first-order valence-electron chi connectivity index (χ1n) is 12.3. The number of aliphatic hydroxyl groups is 1. The molecule has 0 amide bonds. The Morgan fingerprint density at radius 1 is 1.37 bits per heavy atom. The van der Waals surface area contributed by atoms with E-state index in [1.165, 1.54) is 30.0 Å². The standard InChI is InChI=1S/C24H29ClN7O8P/c1-13(2)38-21(35)14(3)31-41(36,40-15-7-5-4-6-8-15)37-11-16-18(33)24(27,9-10-25)22(39-16)32-12-28-17-19(32)29-23(26)30-20(17)34/h4-8,12-14,16,18,22,33H,11,27H2,1-3H3,(H,31,36)(H3,26,29,30,34)/t14-,16+,18-,22+,24?,41?/m0/s1. The molecule has 1 fully saturated rings. The number of halogens is 1. The summed E-state index contributed by atoms with van der Waals surface area (Å²) in [6.45, 7) is 4.22. The van der Waals surface area contributed by atoms with E-state index < -0.39 is 62.0 Å². The van der Waals surface area contributed by atoms with Crippen molar-refractivity contribution in [1.82, 2.24) is 24.6 Å². The fraction of sp³-hybridized carbons (Fsp3) is 0.417. The number of hydrogen-bond donors (Lipinski definition) is 5. The maximum atomic E-state index is 13.8. The van der Waals surface area contributed by atoms with E-state index in [9.17, 15) is 19.3 Å². The number of nitrogens with two attached hydrogens (primary N) is 2. The lowest BCUT2D eigenvalue weighted by Crippen LogP contribution is -2.53. The minimum atomic E-state index is -4.30. The van der Waals surface area contributed by atoms with Gasteiger partial charge in [0.2, 0.25) is 5.95 Å². The van der Waals surface area contributed by atoms with Crippen molar-refractivity contribution in [2.45, 2.75) is 56.9 Å². The molecule has 1 aliphatic heterocycles. The number of hydrogen-bond acceptors (Lipinski definition) is 12. The predicted octanol–water partition coefficient (Wildman–Crippen LogP) is 0.991. The van der Waals surface area contributed by atoms with Crippen LogP contribution in [0.3, 0.4) is 0 Å². The third-order valence-electron chi connectivity index (χ3n) is 5.96. The van der Waals surface area contributed by atoms with Gasteiger partial charge in [0.25, 0.3) is 5.56 Å². The number of nitrogens with one attached hydrogen (secondary N) is 2. The number of aromatic amines is 1. The van der Waals surface area contributed by atoms with Gasteiger partial charge in [0, 0.05) is 5.38 Å². The van der Waals surface area contributed by atoms with E-state index in [-0.39, 0.29) is 22.9 Å². The maximum absolute atomic E-state index is 13.8. The summed E-state index contributed by atoms with van der Waals surface area (Å²) in [5.41, 5.74) is 9.64. The molecule has 0 saturated carbocycles. The van der Waals surface area contributed by atoms with E-state index in [0.717, 1.165) is 0 Å². The van der Waals surface area contributed by atoms with Gasteiger partial charge in [-0.15, -0.1) is 0 Å². The van der Waals surface area contributed by atoms with Crippen molar-refractivity contribution in [2.75, 3.05) is 12.3 Å². The number of aliphatic hydroxyl groups excluding tert-OH is 1. The number of fused-ring (bicyclic) bond motifs is 1. The molecule has 41 heavy (non-hydrogen) atoms. The minimum Gasteiger partial charge on any atom is -0.462 e. The summed E-state index contributed by atoms with van der Waals surface area (Å²) < 4.78 is 37.6. The number of rotatable bonds is 10. The molecule has 1 saturated heterocycles. The number of ether oxygens (including phenoxy) is 2. The van der Waals surface area contributed by atoms with Crippen molar-refractivity contribution in [1.29, 1.82) is 0 Å². The van der Waals surface area contributed by atoms with Gasteiger partial charge in [-0.25, -0.2) is 9.55 Å². The highest BCUT2D eigenvalue weighted by Gasteiger charge is 2.55. The Labute approximate surface area is 239 Å². The first kappa shape index (κ1) is 30.5. The molecule has 2 aromatic heterocycles. The van der Waals surface area contributed by atoms with Gasteiger partial charge in [-0.2, -0.15) is 10.1 Å². The number of carbonyl (C=O) groups is 1. The average Bonchev–Trinajstić information content (AvgIpc) is 3.42. The third-order valence-corrected chi connectivity index (χ3v) is 7.69. The van der Waals surface area contributed by atoms with Crippen LogP contribution in [-0.4, -0.2) is 67.1 Å². The van der Waals surface area contributed by atoms with Crippen molar-refractivity contribution >= 4 is 42.4 Å². The van der Waals surface area contributed by atoms with Gasteiger partial charge in [-0.3, -0.25) is 23.7 Å². The molecule has 0 bridgehead atoms. The second-order valence-electron chi connectivity index (χ2n) is 9.43. The van der Waals surface area contributed by atoms with E-state index in [1.54, 1.807) is 32.0 Å². The van der Waals surface area contributed by atoms with Crippen LogP contribution in [0.2, 0.25) is 0 Å². The molecule has 2 unspecified atom stereocenters. The molecule has 3 aromatic rings. The van der Waals surface area contributed by atoms with E-state index in [0.29, 0.717) is 0 Å². The van der Waals surface area contributed by atoms with Gasteiger partial charge in [0.05, 0.1) is 19.0 Å². The van der Waals surface area contributed by atoms with Gasteiger partial charge in [-0.1, -0.05) is 24.1 Å². The quantitative estimate of drug-likeness (QED) is 0.123. The molecular weight excluding hydrogens is 581 g/mol. The van der Waals surface area contributed by atoms with Crippen LogP contribution < -0.4 is 26.6 Å². The summed E-state index contributed by atoms with van der Waals surface area (Å²) in [5.74, 6) is 1.83. The molecule has 7 N–H and O–H groups in total. The zero-order valence-electron chi connectivity index (χ0n) is 22.2. The highest BCUT2D eigenvalue weighted by atomic mass is 35.5. The largest absolute Gasteiger partial charge is 0.462 e. The van der Waals surface area contributed by atoms with E-state index in [2.05, 4.69) is 31.3 Å². The Balaban J connectivity index is 1.62. The Bertz CT molecular complexity index is 1570. The molecule has 15 nitrogen and oxygen atoms in total. The van der Waals surface area contributed by atoms with Crippen molar-refractivity contribution in [2.24, 2.45) is 5.73 Å². The predicted molar refractivity (Wildman–Crippen MR) is 147 cm³/mol. The lowest BCUT2D eigenvalue weighted by atomic mass is 9.92. The molecule has 0 radical (unpaired) electrons. The molecule has 0 spiro atoms. The zero-order chi connectivity index (χ0) is 29.9. The van der Waals surface area contributed by atoms with Crippen molar-refractivity contribution in [3.8, 4) is 17.0 Å². The summed E-state index contributed by atoms with van der Waals surface area (Å²) in [6.07, 6.45) is -3.31.